The Morgan fingerprint density at radius 3 is 2.66 bits per heavy atom. The van der Waals surface area contributed by atoms with Crippen LogP contribution in [0.5, 0.6) is 0 Å². The monoisotopic (exact) mass is 401 g/mol. The summed E-state index contributed by atoms with van der Waals surface area (Å²) in [6.07, 6.45) is 1.96. The molecule has 0 saturated heterocycles. The minimum absolute atomic E-state index is 0.0260. The fourth-order valence-corrected chi connectivity index (χ4v) is 3.57. The summed E-state index contributed by atoms with van der Waals surface area (Å²) in [4.78, 5) is 40.4. The second-order valence-electron chi connectivity index (χ2n) is 8.83. The molecule has 0 radical (unpaired) electrons. The molecule has 1 fully saturated rings. The molecule has 3 heterocycles. The summed E-state index contributed by atoms with van der Waals surface area (Å²) < 4.78 is 8.06. The van der Waals surface area contributed by atoms with E-state index >= 15 is 0 Å². The molecule has 1 aliphatic heterocycles. The van der Waals surface area contributed by atoms with E-state index in [2.05, 4.69) is 10.4 Å². The first-order valence-electron chi connectivity index (χ1n) is 9.94. The number of ether oxygens (including phenoxy) is 1. The highest BCUT2D eigenvalue weighted by atomic mass is 16.5. The van der Waals surface area contributed by atoms with Crippen molar-refractivity contribution in [2.75, 3.05) is 20.3 Å². The fraction of sp³-hybridized carbons (Fsp3) is 0.600. The number of rotatable bonds is 6. The summed E-state index contributed by atoms with van der Waals surface area (Å²) in [5.41, 5.74) is 1.28. The molecule has 0 spiro atoms. The van der Waals surface area contributed by atoms with Gasteiger partial charge < -0.3 is 19.5 Å². The Balaban J connectivity index is 1.84. The summed E-state index contributed by atoms with van der Waals surface area (Å²) >= 11 is 0. The number of fused-ring (bicyclic) bond motifs is 2. The highest BCUT2D eigenvalue weighted by Gasteiger charge is 2.36. The Hall–Kier alpha value is -2.68. The van der Waals surface area contributed by atoms with Gasteiger partial charge in [-0.05, 0) is 12.8 Å². The molecule has 156 valence electrons. The molecule has 2 amide bonds. The minimum atomic E-state index is -0.308. The van der Waals surface area contributed by atoms with Gasteiger partial charge in [-0.2, -0.15) is 9.61 Å². The van der Waals surface area contributed by atoms with Crippen molar-refractivity contribution >= 4 is 17.5 Å². The third kappa shape index (κ3) is 3.55. The lowest BCUT2D eigenvalue weighted by atomic mass is 9.93. The van der Waals surface area contributed by atoms with Gasteiger partial charge in [-0.25, -0.2) is 0 Å². The van der Waals surface area contributed by atoms with Crippen molar-refractivity contribution < 1.29 is 14.3 Å². The molecule has 1 N–H and O–H groups in total. The standard InChI is InChI=1S/C20H27N5O4/c1-20(2,3)14-9-16-24(11-15(26)21-12-5-6-12)17-13(18(27)25(16)22-14)10-23(19(17)28)7-8-29-4/h9,12H,5-8,10-11H2,1-4H3,(H,21,26). The average molecular weight is 401 g/mol. The zero-order chi connectivity index (χ0) is 20.9. The van der Waals surface area contributed by atoms with Gasteiger partial charge >= 0.3 is 0 Å². The summed E-state index contributed by atoms with van der Waals surface area (Å²) in [5, 5.41) is 7.47. The first kappa shape index (κ1) is 19.6. The second-order valence-corrected chi connectivity index (χ2v) is 8.83. The van der Waals surface area contributed by atoms with Crippen molar-refractivity contribution in [1.82, 2.24) is 24.4 Å². The zero-order valence-corrected chi connectivity index (χ0v) is 17.3. The van der Waals surface area contributed by atoms with Gasteiger partial charge in [-0.1, -0.05) is 20.8 Å². The topological polar surface area (TPSA) is 97.9 Å². The predicted octanol–water partition coefficient (Wildman–Crippen LogP) is 0.674. The highest BCUT2D eigenvalue weighted by Crippen LogP contribution is 2.26. The molecule has 1 aliphatic carbocycles. The van der Waals surface area contributed by atoms with Crippen molar-refractivity contribution in [2.24, 2.45) is 0 Å². The molecular weight excluding hydrogens is 374 g/mol. The molecular formula is C20H27N5O4. The summed E-state index contributed by atoms with van der Waals surface area (Å²) in [6, 6.07) is 2.02. The van der Waals surface area contributed by atoms with Crippen LogP contribution in [0.1, 0.15) is 55.4 Å². The van der Waals surface area contributed by atoms with Crippen LogP contribution in [-0.4, -0.2) is 57.2 Å². The van der Waals surface area contributed by atoms with Gasteiger partial charge in [0.15, 0.2) is 0 Å². The van der Waals surface area contributed by atoms with E-state index in [-0.39, 0.29) is 47.6 Å². The van der Waals surface area contributed by atoms with Crippen molar-refractivity contribution in [3.8, 4) is 0 Å². The molecule has 4 rings (SSSR count). The largest absolute Gasteiger partial charge is 0.383 e. The van der Waals surface area contributed by atoms with Crippen molar-refractivity contribution in [1.29, 1.82) is 0 Å². The molecule has 9 nitrogen and oxygen atoms in total. The molecule has 0 aromatic carbocycles. The van der Waals surface area contributed by atoms with E-state index in [4.69, 9.17) is 4.74 Å². The van der Waals surface area contributed by atoms with Crippen LogP contribution in [-0.2, 0) is 28.0 Å². The third-order valence-corrected chi connectivity index (χ3v) is 5.39. The Bertz CT molecular complexity index is 1040. The van der Waals surface area contributed by atoms with Crippen molar-refractivity contribution in [3.63, 3.8) is 0 Å². The number of hydrogen-bond donors (Lipinski definition) is 1. The van der Waals surface area contributed by atoms with E-state index in [0.717, 1.165) is 18.5 Å². The van der Waals surface area contributed by atoms with E-state index in [1.165, 1.54) is 4.52 Å². The summed E-state index contributed by atoms with van der Waals surface area (Å²) in [5.74, 6) is -0.420. The Labute approximate surface area is 168 Å². The van der Waals surface area contributed by atoms with E-state index in [9.17, 15) is 14.4 Å². The van der Waals surface area contributed by atoms with Gasteiger partial charge in [0.25, 0.3) is 11.5 Å². The molecule has 9 heteroatoms. The Morgan fingerprint density at radius 1 is 1.31 bits per heavy atom. The number of carbonyl (C=O) groups excluding carboxylic acids is 2. The number of amides is 2. The maximum atomic E-state index is 13.1. The summed E-state index contributed by atoms with van der Waals surface area (Å²) in [7, 11) is 1.57. The van der Waals surface area contributed by atoms with E-state index < -0.39 is 0 Å². The van der Waals surface area contributed by atoms with E-state index in [1.54, 1.807) is 22.6 Å². The lowest BCUT2D eigenvalue weighted by Gasteiger charge is -2.16. The fourth-order valence-electron chi connectivity index (χ4n) is 3.57. The van der Waals surface area contributed by atoms with Gasteiger partial charge in [0.05, 0.1) is 24.4 Å². The predicted molar refractivity (Wildman–Crippen MR) is 106 cm³/mol. The molecule has 1 saturated carbocycles. The number of aromatic nitrogens is 3. The lowest BCUT2D eigenvalue weighted by molar-refractivity contribution is -0.121. The van der Waals surface area contributed by atoms with Crippen LogP contribution in [0.3, 0.4) is 0 Å². The molecule has 29 heavy (non-hydrogen) atoms. The lowest BCUT2D eigenvalue weighted by Crippen LogP contribution is -2.34. The minimum Gasteiger partial charge on any atom is -0.383 e. The first-order valence-corrected chi connectivity index (χ1v) is 9.94. The smallest absolute Gasteiger partial charge is 0.280 e. The van der Waals surface area contributed by atoms with Crippen molar-refractivity contribution in [3.05, 3.63) is 33.4 Å². The van der Waals surface area contributed by atoms with Crippen LogP contribution >= 0.6 is 0 Å². The SMILES string of the molecule is COCCN1Cc2c(n(CC(=O)NC3CC3)c3cc(C(C)(C)C)nn3c2=O)C1=O. The second kappa shape index (κ2) is 6.98. The zero-order valence-electron chi connectivity index (χ0n) is 17.3. The quantitative estimate of drug-likeness (QED) is 0.767. The Kier molecular flexibility index (Phi) is 4.72. The van der Waals surface area contributed by atoms with Gasteiger partial charge in [0.2, 0.25) is 5.91 Å². The van der Waals surface area contributed by atoms with Gasteiger partial charge in [-0.3, -0.25) is 14.4 Å². The van der Waals surface area contributed by atoms with Crippen LogP contribution in [0.25, 0.3) is 5.65 Å². The van der Waals surface area contributed by atoms with Crippen LogP contribution in [0, 0.1) is 0 Å². The number of nitrogens with zero attached hydrogens (tertiary/aromatic N) is 4. The molecule has 0 atom stereocenters. The average Bonchev–Trinajstić information content (AvgIpc) is 3.22. The van der Waals surface area contributed by atoms with Crippen LogP contribution in [0.4, 0.5) is 0 Å². The molecule has 0 bridgehead atoms. The molecule has 2 aliphatic rings. The van der Waals surface area contributed by atoms with E-state index in [1.807, 2.05) is 20.8 Å². The van der Waals surface area contributed by atoms with Crippen molar-refractivity contribution in [2.45, 2.75) is 58.2 Å². The number of hydrogen-bond acceptors (Lipinski definition) is 5. The van der Waals surface area contributed by atoms with Crippen LogP contribution < -0.4 is 10.9 Å². The van der Waals surface area contributed by atoms with Gasteiger partial charge in [-0.15, -0.1) is 0 Å². The van der Waals surface area contributed by atoms with Crippen LogP contribution in [0.2, 0.25) is 0 Å². The number of methoxy groups -OCH3 is 1. The normalized spacial score (nSPS) is 16.6. The molecule has 2 aromatic rings. The Morgan fingerprint density at radius 2 is 2.03 bits per heavy atom. The van der Waals surface area contributed by atoms with E-state index in [0.29, 0.717) is 24.4 Å². The number of carbonyl (C=O) groups is 2. The van der Waals surface area contributed by atoms with Crippen LogP contribution in [0.15, 0.2) is 10.9 Å². The van der Waals surface area contributed by atoms with Gasteiger partial charge in [0.1, 0.15) is 17.9 Å². The molecule has 0 unspecified atom stereocenters. The first-order chi connectivity index (χ1) is 13.7. The summed E-state index contributed by atoms with van der Waals surface area (Å²) in [6.45, 7) is 6.95. The maximum Gasteiger partial charge on any atom is 0.280 e. The molecule has 2 aromatic heterocycles. The third-order valence-electron chi connectivity index (χ3n) is 5.39. The number of nitrogens with one attached hydrogen (secondary N) is 1. The highest BCUT2D eigenvalue weighted by molar-refractivity contribution is 5.97. The van der Waals surface area contributed by atoms with Gasteiger partial charge in [0, 0.05) is 31.2 Å². The maximum absolute atomic E-state index is 13.1.